The molecule has 1 atom stereocenters. The minimum atomic E-state index is -0.248. The van der Waals surface area contributed by atoms with E-state index in [1.807, 2.05) is 46.1 Å². The Bertz CT molecular complexity index is 469. The number of carbonyl (C=O) groups excluding carboxylic acids is 1. The van der Waals surface area contributed by atoms with Crippen LogP contribution in [-0.4, -0.2) is 31.5 Å². The van der Waals surface area contributed by atoms with Gasteiger partial charge in [0, 0.05) is 11.6 Å². The molecular formula is C13H25N5OS. The lowest BCUT2D eigenvalue weighted by Crippen LogP contribution is -2.46. The van der Waals surface area contributed by atoms with Crippen LogP contribution >= 0.6 is 11.8 Å². The summed E-state index contributed by atoms with van der Waals surface area (Å²) < 4.78 is 1.83. The molecule has 0 fully saturated rings. The first kappa shape index (κ1) is 16.8. The second-order valence-corrected chi connectivity index (χ2v) is 7.10. The SMILES string of the molecule is CCC(C)(C)NC(=O)C(C)Sc1nnc(N)n1C(C)C. The van der Waals surface area contributed by atoms with Crippen LogP contribution in [0.5, 0.6) is 0 Å². The molecule has 0 aliphatic carbocycles. The van der Waals surface area contributed by atoms with Crippen LogP contribution in [0.15, 0.2) is 5.16 Å². The lowest BCUT2D eigenvalue weighted by molar-refractivity contribution is -0.121. The molecule has 7 heteroatoms. The standard InChI is InChI=1S/C13H25N5OS/c1-7-13(5,6)15-10(19)9(4)20-12-17-16-11(14)18(12)8(2)3/h8-9H,7H2,1-6H3,(H2,14,16)(H,15,19). The Labute approximate surface area is 124 Å². The Hall–Kier alpha value is -1.24. The van der Waals surface area contributed by atoms with Crippen molar-refractivity contribution in [3.8, 4) is 0 Å². The monoisotopic (exact) mass is 299 g/mol. The molecule has 0 spiro atoms. The summed E-state index contributed by atoms with van der Waals surface area (Å²) in [4.78, 5) is 12.2. The van der Waals surface area contributed by atoms with Crippen molar-refractivity contribution in [1.29, 1.82) is 0 Å². The summed E-state index contributed by atoms with van der Waals surface area (Å²) in [6.45, 7) is 12.0. The van der Waals surface area contributed by atoms with Crippen LogP contribution in [0.2, 0.25) is 0 Å². The van der Waals surface area contributed by atoms with E-state index in [-0.39, 0.29) is 22.7 Å². The number of nitrogen functional groups attached to an aromatic ring is 1. The van der Waals surface area contributed by atoms with Gasteiger partial charge in [-0.25, -0.2) is 0 Å². The van der Waals surface area contributed by atoms with Crippen LogP contribution in [0.1, 0.15) is 54.0 Å². The Balaban J connectivity index is 2.76. The Kier molecular flexibility index (Phi) is 5.44. The molecule has 0 radical (unpaired) electrons. The Morgan fingerprint density at radius 1 is 1.40 bits per heavy atom. The second-order valence-electron chi connectivity index (χ2n) is 5.79. The number of hydrogen-bond acceptors (Lipinski definition) is 5. The van der Waals surface area contributed by atoms with Gasteiger partial charge in [-0.2, -0.15) is 0 Å². The maximum atomic E-state index is 12.2. The van der Waals surface area contributed by atoms with Crippen LogP contribution in [-0.2, 0) is 4.79 Å². The summed E-state index contributed by atoms with van der Waals surface area (Å²) >= 11 is 1.38. The van der Waals surface area contributed by atoms with Gasteiger partial charge in [0.05, 0.1) is 5.25 Å². The van der Waals surface area contributed by atoms with E-state index in [2.05, 4.69) is 15.5 Å². The summed E-state index contributed by atoms with van der Waals surface area (Å²) in [5, 5.41) is 11.4. The normalized spacial score (nSPS) is 13.6. The largest absolute Gasteiger partial charge is 0.368 e. The molecule has 0 aliphatic rings. The molecule has 1 aromatic rings. The van der Waals surface area contributed by atoms with Crippen molar-refractivity contribution in [2.45, 2.75) is 70.0 Å². The van der Waals surface area contributed by atoms with Gasteiger partial charge >= 0.3 is 0 Å². The number of amides is 1. The van der Waals surface area contributed by atoms with E-state index in [1.54, 1.807) is 0 Å². The lowest BCUT2D eigenvalue weighted by Gasteiger charge is -2.26. The van der Waals surface area contributed by atoms with Crippen LogP contribution in [0.4, 0.5) is 5.95 Å². The highest BCUT2D eigenvalue weighted by Crippen LogP contribution is 2.26. The average Bonchev–Trinajstić information content (AvgIpc) is 2.69. The molecule has 0 bridgehead atoms. The third-order valence-corrected chi connectivity index (χ3v) is 4.26. The second kappa shape index (κ2) is 6.47. The first-order valence-corrected chi connectivity index (χ1v) is 7.75. The number of nitrogens with zero attached hydrogens (tertiary/aromatic N) is 3. The molecular weight excluding hydrogens is 274 g/mol. The van der Waals surface area contributed by atoms with Crippen LogP contribution in [0.25, 0.3) is 0 Å². The molecule has 1 amide bonds. The average molecular weight is 299 g/mol. The Morgan fingerprint density at radius 2 is 2.00 bits per heavy atom. The summed E-state index contributed by atoms with van der Waals surface area (Å²) in [5.74, 6) is 0.378. The van der Waals surface area contributed by atoms with E-state index in [9.17, 15) is 4.79 Å². The van der Waals surface area contributed by atoms with Gasteiger partial charge in [-0.1, -0.05) is 18.7 Å². The topological polar surface area (TPSA) is 85.8 Å². The minimum absolute atomic E-state index is 0.00118. The third-order valence-electron chi connectivity index (χ3n) is 3.20. The number of nitrogens with two attached hydrogens (primary N) is 1. The third kappa shape index (κ3) is 4.13. The van der Waals surface area contributed by atoms with E-state index < -0.39 is 0 Å². The maximum absolute atomic E-state index is 12.2. The van der Waals surface area contributed by atoms with Gasteiger partial charge in [0.1, 0.15) is 0 Å². The van der Waals surface area contributed by atoms with Gasteiger partial charge < -0.3 is 11.1 Å². The van der Waals surface area contributed by atoms with Crippen LogP contribution < -0.4 is 11.1 Å². The molecule has 1 aromatic heterocycles. The number of aromatic nitrogens is 3. The van der Waals surface area contributed by atoms with Crippen molar-refractivity contribution in [3.63, 3.8) is 0 Å². The van der Waals surface area contributed by atoms with Gasteiger partial charge in [-0.3, -0.25) is 9.36 Å². The highest BCUT2D eigenvalue weighted by atomic mass is 32.2. The first-order chi connectivity index (χ1) is 9.18. The van der Waals surface area contributed by atoms with Crippen LogP contribution in [0, 0.1) is 0 Å². The lowest BCUT2D eigenvalue weighted by atomic mass is 10.0. The maximum Gasteiger partial charge on any atom is 0.233 e. The summed E-state index contributed by atoms with van der Waals surface area (Å²) in [6, 6.07) is 0.162. The van der Waals surface area contributed by atoms with Crippen molar-refractivity contribution in [3.05, 3.63) is 0 Å². The summed E-state index contributed by atoms with van der Waals surface area (Å²) in [6.07, 6.45) is 0.880. The van der Waals surface area contributed by atoms with E-state index in [4.69, 9.17) is 5.73 Å². The smallest absolute Gasteiger partial charge is 0.233 e. The van der Waals surface area contributed by atoms with E-state index in [1.165, 1.54) is 11.8 Å². The van der Waals surface area contributed by atoms with Gasteiger partial charge in [0.15, 0.2) is 5.16 Å². The fourth-order valence-corrected chi connectivity index (χ4v) is 2.58. The molecule has 114 valence electrons. The number of nitrogens with one attached hydrogen (secondary N) is 1. The zero-order valence-corrected chi connectivity index (χ0v) is 13.9. The van der Waals surface area contributed by atoms with Gasteiger partial charge in [-0.15, -0.1) is 10.2 Å². The van der Waals surface area contributed by atoms with Gasteiger partial charge in [0.2, 0.25) is 11.9 Å². The molecule has 1 heterocycles. The molecule has 1 rings (SSSR count). The predicted molar refractivity (Wildman–Crippen MR) is 82.7 cm³/mol. The van der Waals surface area contributed by atoms with E-state index in [0.717, 1.165) is 6.42 Å². The predicted octanol–water partition coefficient (Wildman–Crippen LogP) is 2.23. The fraction of sp³-hybridized carbons (Fsp3) is 0.769. The zero-order chi connectivity index (χ0) is 15.5. The van der Waals surface area contributed by atoms with Crippen molar-refractivity contribution in [2.24, 2.45) is 0 Å². The number of hydrogen-bond donors (Lipinski definition) is 2. The summed E-state index contributed by atoms with van der Waals surface area (Å²) in [7, 11) is 0. The molecule has 0 aromatic carbocycles. The van der Waals surface area contributed by atoms with E-state index in [0.29, 0.717) is 11.1 Å². The highest BCUT2D eigenvalue weighted by Gasteiger charge is 2.24. The van der Waals surface area contributed by atoms with Gasteiger partial charge in [-0.05, 0) is 41.0 Å². The van der Waals surface area contributed by atoms with Crippen LogP contribution in [0.3, 0.4) is 0 Å². The van der Waals surface area contributed by atoms with E-state index >= 15 is 0 Å². The fourth-order valence-electron chi connectivity index (χ4n) is 1.59. The molecule has 1 unspecified atom stereocenters. The number of carbonyl (C=O) groups is 1. The number of rotatable bonds is 6. The first-order valence-electron chi connectivity index (χ1n) is 6.87. The molecule has 0 saturated carbocycles. The quantitative estimate of drug-likeness (QED) is 0.787. The van der Waals surface area contributed by atoms with Crippen molar-refractivity contribution >= 4 is 23.6 Å². The molecule has 20 heavy (non-hydrogen) atoms. The molecule has 3 N–H and O–H groups in total. The zero-order valence-electron chi connectivity index (χ0n) is 13.1. The Morgan fingerprint density at radius 3 is 2.50 bits per heavy atom. The van der Waals surface area contributed by atoms with Gasteiger partial charge in [0.25, 0.3) is 0 Å². The minimum Gasteiger partial charge on any atom is -0.368 e. The molecule has 0 aliphatic heterocycles. The summed E-state index contributed by atoms with van der Waals surface area (Å²) in [5.41, 5.74) is 5.60. The van der Waals surface area contributed by atoms with Crippen molar-refractivity contribution < 1.29 is 4.79 Å². The van der Waals surface area contributed by atoms with Crippen molar-refractivity contribution in [1.82, 2.24) is 20.1 Å². The highest BCUT2D eigenvalue weighted by molar-refractivity contribution is 8.00. The number of thioether (sulfide) groups is 1. The molecule has 0 saturated heterocycles. The van der Waals surface area contributed by atoms with Crippen molar-refractivity contribution in [2.75, 3.05) is 5.73 Å². The molecule has 6 nitrogen and oxygen atoms in total. The number of anilines is 1.